The van der Waals surface area contributed by atoms with Gasteiger partial charge in [0.25, 0.3) is 0 Å². The van der Waals surface area contributed by atoms with Gasteiger partial charge in [0, 0.05) is 12.8 Å². The molecule has 0 spiro atoms. The Bertz CT molecular complexity index is 794. The van der Waals surface area contributed by atoms with E-state index < -0.39 is 5.97 Å². The number of carboxylic acids is 1. The molecular formula is C43H76O4. The van der Waals surface area contributed by atoms with Crippen LogP contribution in [0.1, 0.15) is 206 Å². The molecule has 0 bridgehead atoms. The number of hydrogen-bond acceptors (Lipinski definition) is 3. The van der Waals surface area contributed by atoms with Crippen molar-refractivity contribution in [1.82, 2.24) is 0 Å². The zero-order valence-electron chi connectivity index (χ0n) is 31.1. The first-order chi connectivity index (χ1) is 23.1. The lowest BCUT2D eigenvalue weighted by atomic mass is 10.0. The molecule has 1 N–H and O–H groups in total. The monoisotopic (exact) mass is 657 g/mol. The molecule has 4 nitrogen and oxygen atoms in total. The van der Waals surface area contributed by atoms with E-state index >= 15 is 0 Å². The molecule has 0 heterocycles. The maximum absolute atomic E-state index is 12.7. The molecule has 0 saturated carbocycles. The first-order valence-electron chi connectivity index (χ1n) is 20.1. The Morgan fingerprint density at radius 1 is 0.489 bits per heavy atom. The zero-order valence-corrected chi connectivity index (χ0v) is 31.1. The lowest BCUT2D eigenvalue weighted by molar-refractivity contribution is -0.150. The Morgan fingerprint density at radius 2 is 0.894 bits per heavy atom. The van der Waals surface area contributed by atoms with Crippen molar-refractivity contribution in [3.63, 3.8) is 0 Å². The predicted molar refractivity (Wildman–Crippen MR) is 204 cm³/mol. The fraction of sp³-hybridized carbons (Fsp3) is 0.767. The third-order valence-electron chi connectivity index (χ3n) is 8.82. The number of aliphatic carboxylic acids is 1. The minimum atomic E-state index is -0.703. The fourth-order valence-electron chi connectivity index (χ4n) is 5.88. The number of carbonyl (C=O) groups excluding carboxylic acids is 1. The summed E-state index contributed by atoms with van der Waals surface area (Å²) in [6.45, 7) is 4.44. The highest BCUT2D eigenvalue weighted by Crippen LogP contribution is 2.19. The van der Waals surface area contributed by atoms with Crippen LogP contribution >= 0.6 is 0 Å². The molecule has 4 heteroatoms. The van der Waals surface area contributed by atoms with Gasteiger partial charge < -0.3 is 9.84 Å². The van der Waals surface area contributed by atoms with Gasteiger partial charge in [-0.1, -0.05) is 165 Å². The SMILES string of the molecule is CC/C=C\C/C=C\C/C=C\C/C=C\CCCCCCC(=O)OC(CCCCCCCCCCCCCC)CCCCCCCC(=O)O. The Morgan fingerprint density at radius 3 is 1.38 bits per heavy atom. The van der Waals surface area contributed by atoms with Gasteiger partial charge in [0.2, 0.25) is 0 Å². The Labute approximate surface area is 292 Å². The second-order valence-electron chi connectivity index (χ2n) is 13.4. The zero-order chi connectivity index (χ0) is 34.3. The van der Waals surface area contributed by atoms with Crippen LogP contribution in [0.3, 0.4) is 0 Å². The van der Waals surface area contributed by atoms with E-state index in [1.807, 2.05) is 0 Å². The Hall–Kier alpha value is -2.10. The van der Waals surface area contributed by atoms with Gasteiger partial charge in [0.15, 0.2) is 0 Å². The van der Waals surface area contributed by atoms with E-state index in [1.165, 1.54) is 77.0 Å². The maximum atomic E-state index is 12.7. The first-order valence-corrected chi connectivity index (χ1v) is 20.1. The van der Waals surface area contributed by atoms with E-state index in [2.05, 4.69) is 62.5 Å². The largest absolute Gasteiger partial charge is 0.481 e. The van der Waals surface area contributed by atoms with Crippen molar-refractivity contribution in [3.05, 3.63) is 48.6 Å². The highest BCUT2D eigenvalue weighted by molar-refractivity contribution is 5.69. The number of unbranched alkanes of at least 4 members (excludes halogenated alkanes) is 19. The molecule has 1 unspecified atom stereocenters. The van der Waals surface area contributed by atoms with Crippen molar-refractivity contribution in [3.8, 4) is 0 Å². The van der Waals surface area contributed by atoms with E-state index in [0.29, 0.717) is 6.42 Å². The van der Waals surface area contributed by atoms with Gasteiger partial charge in [0.05, 0.1) is 0 Å². The van der Waals surface area contributed by atoms with E-state index in [0.717, 1.165) is 103 Å². The van der Waals surface area contributed by atoms with Crippen molar-refractivity contribution < 1.29 is 19.4 Å². The molecular weight excluding hydrogens is 580 g/mol. The van der Waals surface area contributed by atoms with Gasteiger partial charge in [0.1, 0.15) is 6.10 Å². The summed E-state index contributed by atoms with van der Waals surface area (Å²) in [5, 5.41) is 8.82. The van der Waals surface area contributed by atoms with Gasteiger partial charge in [-0.2, -0.15) is 0 Å². The van der Waals surface area contributed by atoms with E-state index in [1.54, 1.807) is 0 Å². The summed E-state index contributed by atoms with van der Waals surface area (Å²) < 4.78 is 6.00. The summed E-state index contributed by atoms with van der Waals surface area (Å²) >= 11 is 0. The molecule has 0 rings (SSSR count). The lowest BCUT2D eigenvalue weighted by Gasteiger charge is -2.18. The minimum absolute atomic E-state index is 0.0191. The number of esters is 1. The molecule has 0 aromatic heterocycles. The van der Waals surface area contributed by atoms with Gasteiger partial charge in [-0.05, 0) is 77.0 Å². The van der Waals surface area contributed by atoms with Crippen molar-refractivity contribution in [1.29, 1.82) is 0 Å². The predicted octanol–water partition coefficient (Wildman–Crippen LogP) is 14.0. The summed E-state index contributed by atoms with van der Waals surface area (Å²) in [5.74, 6) is -0.723. The van der Waals surface area contributed by atoms with Crippen LogP contribution in [0.5, 0.6) is 0 Å². The molecule has 0 aliphatic carbocycles. The fourth-order valence-corrected chi connectivity index (χ4v) is 5.88. The summed E-state index contributed by atoms with van der Waals surface area (Å²) in [6.07, 6.45) is 51.3. The van der Waals surface area contributed by atoms with Crippen LogP contribution in [0.2, 0.25) is 0 Å². The number of ether oxygens (including phenoxy) is 1. The summed E-state index contributed by atoms with van der Waals surface area (Å²) in [7, 11) is 0. The molecule has 0 aliphatic heterocycles. The van der Waals surface area contributed by atoms with Crippen molar-refractivity contribution in [2.45, 2.75) is 213 Å². The quantitative estimate of drug-likeness (QED) is 0.0414. The van der Waals surface area contributed by atoms with Gasteiger partial charge >= 0.3 is 11.9 Å². The number of hydrogen-bond donors (Lipinski definition) is 1. The standard InChI is InChI=1S/C43H76O4/c1-3-5-7-9-11-13-15-17-18-19-20-21-23-25-27-32-36-40-43(46)47-41(38-34-30-28-31-35-39-42(44)45)37-33-29-26-24-22-16-14-12-10-8-6-4-2/h5,7,11,13,17-18,20-21,41H,3-4,6,8-10,12,14-16,19,22-40H2,1-2H3,(H,44,45)/b7-5-,13-11-,18-17-,21-20-. The molecule has 47 heavy (non-hydrogen) atoms. The normalized spacial score (nSPS) is 12.7. The van der Waals surface area contributed by atoms with Crippen LogP contribution in [-0.4, -0.2) is 23.1 Å². The van der Waals surface area contributed by atoms with E-state index in [9.17, 15) is 9.59 Å². The van der Waals surface area contributed by atoms with Gasteiger partial charge in [-0.3, -0.25) is 9.59 Å². The van der Waals surface area contributed by atoms with Crippen LogP contribution in [0.4, 0.5) is 0 Å². The molecule has 0 aromatic rings. The number of allylic oxidation sites excluding steroid dienone is 8. The van der Waals surface area contributed by atoms with Crippen molar-refractivity contribution in [2.75, 3.05) is 0 Å². The van der Waals surface area contributed by atoms with Crippen LogP contribution < -0.4 is 0 Å². The Kier molecular flexibility index (Phi) is 36.6. The molecule has 0 amide bonds. The van der Waals surface area contributed by atoms with Crippen molar-refractivity contribution in [2.24, 2.45) is 0 Å². The average molecular weight is 657 g/mol. The van der Waals surface area contributed by atoms with E-state index in [-0.39, 0.29) is 18.5 Å². The average Bonchev–Trinajstić information content (AvgIpc) is 3.05. The summed E-state index contributed by atoms with van der Waals surface area (Å²) in [6, 6.07) is 0. The second kappa shape index (κ2) is 38.3. The lowest BCUT2D eigenvalue weighted by Crippen LogP contribution is -2.18. The van der Waals surface area contributed by atoms with Crippen molar-refractivity contribution >= 4 is 11.9 Å². The highest BCUT2D eigenvalue weighted by Gasteiger charge is 2.14. The second-order valence-corrected chi connectivity index (χ2v) is 13.4. The minimum Gasteiger partial charge on any atom is -0.481 e. The molecule has 1 atom stereocenters. The third-order valence-corrected chi connectivity index (χ3v) is 8.82. The van der Waals surface area contributed by atoms with Gasteiger partial charge in [-0.25, -0.2) is 0 Å². The van der Waals surface area contributed by atoms with Crippen LogP contribution in [-0.2, 0) is 14.3 Å². The highest BCUT2D eigenvalue weighted by atomic mass is 16.5. The van der Waals surface area contributed by atoms with Crippen LogP contribution in [0.25, 0.3) is 0 Å². The molecule has 272 valence electrons. The van der Waals surface area contributed by atoms with Crippen LogP contribution in [0.15, 0.2) is 48.6 Å². The number of rotatable bonds is 36. The summed E-state index contributed by atoms with van der Waals surface area (Å²) in [5.41, 5.74) is 0. The molecule has 0 fully saturated rings. The number of carbonyl (C=O) groups is 2. The molecule has 0 radical (unpaired) electrons. The topological polar surface area (TPSA) is 63.6 Å². The molecule has 0 saturated heterocycles. The smallest absolute Gasteiger partial charge is 0.306 e. The van der Waals surface area contributed by atoms with Crippen LogP contribution in [0, 0.1) is 0 Å². The van der Waals surface area contributed by atoms with E-state index in [4.69, 9.17) is 9.84 Å². The summed E-state index contributed by atoms with van der Waals surface area (Å²) in [4.78, 5) is 23.4. The molecule has 0 aromatic carbocycles. The maximum Gasteiger partial charge on any atom is 0.306 e. The Balaban J connectivity index is 4.08. The molecule has 0 aliphatic rings. The third kappa shape index (κ3) is 38.2. The first kappa shape index (κ1) is 44.9. The van der Waals surface area contributed by atoms with Gasteiger partial charge in [-0.15, -0.1) is 0 Å². The number of carboxylic acid groups (broad SMARTS) is 1.